The molecule has 12 unspecified atom stereocenters. The molecule has 2 saturated carbocycles. The zero-order valence-corrected chi connectivity index (χ0v) is 69.4. The molecule has 0 bridgehead atoms. The first-order valence-corrected chi connectivity index (χ1v) is 42.1. The van der Waals surface area contributed by atoms with Crippen LogP contribution in [-0.2, 0) is 52.4 Å². The molecule has 128 heavy (non-hydrogen) atoms. The molecule has 34 nitrogen and oxygen atoms in total. The maximum absolute atomic E-state index is 14.7. The highest BCUT2D eigenvalue weighted by atomic mass is 19.1. The van der Waals surface area contributed by atoms with Crippen molar-refractivity contribution in [3.63, 3.8) is 0 Å². The van der Waals surface area contributed by atoms with E-state index in [2.05, 4.69) is 76.8 Å². The lowest BCUT2D eigenvalue weighted by Gasteiger charge is -2.21. The number of carbonyl (C=O) groups excluding carboxylic acids is 3. The highest BCUT2D eigenvalue weighted by molar-refractivity contribution is 5.98. The summed E-state index contributed by atoms with van der Waals surface area (Å²) in [6.07, 6.45) is 15.0. The van der Waals surface area contributed by atoms with Gasteiger partial charge in [-0.15, -0.1) is 0 Å². The van der Waals surface area contributed by atoms with Gasteiger partial charge in [-0.05, 0) is 150 Å². The van der Waals surface area contributed by atoms with Crippen LogP contribution < -0.4 is 31.9 Å². The average molecular weight is 1750 g/mol. The molecule has 6 aliphatic rings. The van der Waals surface area contributed by atoms with Crippen molar-refractivity contribution in [1.82, 2.24) is 74.5 Å². The van der Waals surface area contributed by atoms with Crippen molar-refractivity contribution < 1.29 is 90.4 Å². The Hall–Kier alpha value is -13.8. The highest BCUT2D eigenvalue weighted by Gasteiger charge is 2.56. The number of anilines is 3. The molecular weight excluding hydrogens is 1660 g/mol. The molecule has 15 atom stereocenters. The second-order valence-corrected chi connectivity index (χ2v) is 31.1. The van der Waals surface area contributed by atoms with Gasteiger partial charge in [0, 0.05) is 41.9 Å². The van der Waals surface area contributed by atoms with Gasteiger partial charge in [-0.25, -0.2) is 86.8 Å². The summed E-state index contributed by atoms with van der Waals surface area (Å²) in [6, 6.07) is 39.8. The number of hydrogen-bond acceptors (Lipinski definition) is 22. The molecule has 10 heterocycles. The van der Waals surface area contributed by atoms with Crippen LogP contribution in [-0.4, -0.2) is 185 Å². The molecule has 4 saturated heterocycles. The first-order chi connectivity index (χ1) is 62.3. The van der Waals surface area contributed by atoms with Gasteiger partial charge in [-0.1, -0.05) is 121 Å². The first kappa shape index (κ1) is 87.6. The number of imidazole rings is 3. The van der Waals surface area contributed by atoms with E-state index in [1.54, 1.807) is 24.1 Å². The predicted molar refractivity (Wildman–Crippen MR) is 459 cm³/mol. The van der Waals surface area contributed by atoms with Crippen molar-refractivity contribution in [2.45, 2.75) is 158 Å². The zero-order valence-electron chi connectivity index (χ0n) is 69.4. The van der Waals surface area contributed by atoms with Gasteiger partial charge in [0.25, 0.3) is 0 Å². The molecule has 6 amide bonds. The van der Waals surface area contributed by atoms with Crippen LogP contribution in [0.4, 0.5) is 45.0 Å². The third-order valence-electron chi connectivity index (χ3n) is 23.3. The van der Waals surface area contributed by atoms with Crippen LogP contribution in [0.1, 0.15) is 148 Å². The largest absolute Gasteiger partial charge is 0.478 e. The monoisotopic (exact) mass is 1750 g/mol. The minimum atomic E-state index is -1.20. The number of fused-ring (bicyclic) bond motifs is 6. The summed E-state index contributed by atoms with van der Waals surface area (Å²) in [5.41, 5.74) is 5.94. The van der Waals surface area contributed by atoms with Gasteiger partial charge in [0.15, 0.2) is 76.0 Å². The molecule has 0 radical (unpaired) electrons. The molecule has 2 aliphatic carbocycles. The molecule has 37 heteroatoms. The van der Waals surface area contributed by atoms with E-state index in [9.17, 15) is 57.3 Å². The fourth-order valence-electron chi connectivity index (χ4n) is 17.5. The van der Waals surface area contributed by atoms with Gasteiger partial charge in [-0.3, -0.25) is 20.5 Å². The topological polar surface area (TPSA) is 431 Å². The number of halogens is 3. The summed E-state index contributed by atoms with van der Waals surface area (Å²) in [6.45, 7) is 6.80. The van der Waals surface area contributed by atoms with Gasteiger partial charge in [0.2, 0.25) is 0 Å². The number of carboxylic acids is 3. The molecular formula is C91H91F3N18O16. The highest BCUT2D eigenvalue weighted by Crippen LogP contribution is 2.51. The summed E-state index contributed by atoms with van der Waals surface area (Å²) >= 11 is 0. The van der Waals surface area contributed by atoms with Crippen LogP contribution in [0.15, 0.2) is 196 Å². The third kappa shape index (κ3) is 19.3. The van der Waals surface area contributed by atoms with E-state index >= 15 is 0 Å². The van der Waals surface area contributed by atoms with Crippen molar-refractivity contribution in [2.24, 2.45) is 11.8 Å². The first-order valence-electron chi connectivity index (χ1n) is 42.1. The summed E-state index contributed by atoms with van der Waals surface area (Å²) in [5, 5.41) is 44.9. The number of nitrogens with zero attached hydrogens (tertiary/aromatic N) is 12. The predicted octanol–water partition coefficient (Wildman–Crippen LogP) is 13.9. The van der Waals surface area contributed by atoms with E-state index in [1.807, 2.05) is 138 Å². The number of hydrogen-bond donors (Lipinski definition) is 9. The molecule has 0 spiro atoms. The second kappa shape index (κ2) is 39.8. The Bertz CT molecular complexity index is 6070. The molecule has 662 valence electrons. The van der Waals surface area contributed by atoms with Crippen molar-refractivity contribution >= 4 is 99.1 Å². The smallest absolute Gasteiger partial charge is 0.336 e. The van der Waals surface area contributed by atoms with E-state index in [4.69, 9.17) is 33.2 Å². The number of benzene rings is 6. The standard InChI is InChI=1S/C32H33FN6O5.C31H31FN6O5.C28H27FN6O6/c1-2-34-32(42)38-29-26-30(36-17-35-29)39(18-37-26)24-16-20(10-6-11-21-22(31(40)41)12-7-13-23(21)33)27-28(24)44-25(43-27)15-14-19-8-4-3-5-9-19;1-2-33-31(41)37-28-25-29(35-16-34-28)38(17-36-25)23-15-19(12-13-20-21(30(39)40)9-6-10-22(20)32)26-27(23)43-24(42-26)14-11-18-7-4-3-5-8-18;1-2-30-28(38)34-23-20-24(32-13-31-23)35(14-33-20)25-22-21(40-27(41-22)15-7-4-3-5-8-15)19(39-25)12-11-16-17(26(36)37)9-6-10-18(16)29/h3-5,7-9,12-15,17-18,20,24-25,27-28H,2,6,10-11,16H2,1H3,(H,40,41)(H2,34,35,36,38,42);3-11,14,16-17,19,23-24,26-27H,2,12-13,15H2,1H3,(H,39,40)(H2,33,34,35,37,41);3-10,13-14,19,21-22,25,27H,2,11-12H2,1H3,(H,36,37)(H2,30,31,32,34,38)/b15-14+;14-11+;/t20?,24?,25-,27?,28?;19?,23?,24-,26?,27?;19?,21?,22?,25?,27-/m000/s1. The third-order valence-corrected chi connectivity index (χ3v) is 23.3. The lowest BCUT2D eigenvalue weighted by molar-refractivity contribution is -0.148. The number of rotatable bonds is 27. The number of urea groups is 3. The summed E-state index contributed by atoms with van der Waals surface area (Å²) < 4.78 is 94.4. The number of nitrogens with one attached hydrogen (secondary N) is 6. The summed E-state index contributed by atoms with van der Waals surface area (Å²) in [4.78, 5) is 111. The average Bonchev–Trinajstić information content (AvgIpc) is 1.61. The van der Waals surface area contributed by atoms with Gasteiger partial charge in [0.05, 0.1) is 66.1 Å². The number of carbonyl (C=O) groups is 6. The lowest BCUT2D eigenvalue weighted by atomic mass is 9.93. The van der Waals surface area contributed by atoms with Crippen LogP contribution in [0.25, 0.3) is 45.6 Å². The van der Waals surface area contributed by atoms with Gasteiger partial charge in [-0.2, -0.15) is 0 Å². The second-order valence-electron chi connectivity index (χ2n) is 31.1. The van der Waals surface area contributed by atoms with Crippen molar-refractivity contribution in [1.29, 1.82) is 0 Å². The van der Waals surface area contributed by atoms with E-state index in [-0.39, 0.29) is 119 Å². The number of aromatic nitrogens is 12. The summed E-state index contributed by atoms with van der Waals surface area (Å²) in [7, 11) is 0. The Labute approximate surface area is 729 Å². The molecule has 6 aromatic carbocycles. The Morgan fingerprint density at radius 1 is 0.406 bits per heavy atom. The lowest BCUT2D eigenvalue weighted by Crippen LogP contribution is -2.29. The molecule has 12 aromatic rings. The van der Waals surface area contributed by atoms with Crippen molar-refractivity contribution in [2.75, 3.05) is 35.6 Å². The van der Waals surface area contributed by atoms with Crippen LogP contribution in [0.3, 0.4) is 0 Å². The fourth-order valence-corrected chi connectivity index (χ4v) is 17.5. The SMILES string of the molecule is CCNC(=O)Nc1ncnc2c1ncn2C1CC(CCCc2c(F)cccc2C(=O)O)C2O[C@H](/C=C/c3ccccc3)OC21.CCNC(=O)Nc1ncnc2c1ncn2C1CC(CCc2c(F)cccc2C(=O)O)C2O[C@H](/C=C/c3ccccc3)OC21.CCNC(=O)Nc1ncnc2c1ncn2C1OC(CCc2c(F)cccc2C(=O)O)C2O[C@H](c3ccccc3)OC21. The quantitative estimate of drug-likeness (QED) is 0.0231. The molecule has 6 fully saturated rings. The Morgan fingerprint density at radius 2 is 0.789 bits per heavy atom. The molecule has 18 rings (SSSR count). The number of amides is 6. The van der Waals surface area contributed by atoms with Crippen LogP contribution >= 0.6 is 0 Å². The van der Waals surface area contributed by atoms with E-state index in [0.717, 1.165) is 16.7 Å². The van der Waals surface area contributed by atoms with E-state index in [1.165, 1.54) is 79.9 Å². The van der Waals surface area contributed by atoms with E-state index in [0.29, 0.717) is 97.5 Å². The van der Waals surface area contributed by atoms with Crippen molar-refractivity contribution in [3.8, 4) is 0 Å². The fraction of sp³-hybridized carbons (Fsp3) is 0.330. The van der Waals surface area contributed by atoms with E-state index < -0.39 is 90.8 Å². The van der Waals surface area contributed by atoms with Crippen LogP contribution in [0.5, 0.6) is 0 Å². The normalized spacial score (nSPS) is 23.1. The van der Waals surface area contributed by atoms with Gasteiger partial charge >= 0.3 is 36.0 Å². The molecule has 4 aliphatic heterocycles. The number of ether oxygens (including phenoxy) is 7. The Kier molecular flexibility index (Phi) is 27.3. The van der Waals surface area contributed by atoms with Crippen LogP contribution in [0, 0.1) is 29.3 Å². The molecule has 6 aromatic heterocycles. The minimum absolute atomic E-state index is 0.0136. The Morgan fingerprint density at radius 3 is 1.22 bits per heavy atom. The minimum Gasteiger partial charge on any atom is -0.478 e. The maximum Gasteiger partial charge on any atom is 0.336 e. The maximum atomic E-state index is 14.7. The van der Waals surface area contributed by atoms with Gasteiger partial charge < -0.3 is 73.6 Å². The Balaban J connectivity index is 0.000000141. The zero-order chi connectivity index (χ0) is 89.1. The number of aromatic carboxylic acids is 3. The van der Waals surface area contributed by atoms with Gasteiger partial charge in [0.1, 0.15) is 60.8 Å². The van der Waals surface area contributed by atoms with Crippen molar-refractivity contribution in [3.05, 3.63) is 263 Å². The molecule has 9 N–H and O–H groups in total. The van der Waals surface area contributed by atoms with Crippen LogP contribution in [0.2, 0.25) is 0 Å². The summed E-state index contributed by atoms with van der Waals surface area (Å²) in [5.74, 6) is -4.35. The number of carboxylic acid groups (broad SMARTS) is 3.